The molecule has 0 atom stereocenters. The minimum atomic E-state index is -4.00. The van der Waals surface area contributed by atoms with E-state index in [0.29, 0.717) is 19.5 Å². The zero-order valence-electron chi connectivity index (χ0n) is 15.9. The number of carbonyl (C=O) groups is 1. The zero-order valence-corrected chi connectivity index (χ0v) is 17.6. The van der Waals surface area contributed by atoms with Crippen LogP contribution in [0, 0.1) is 0 Å². The van der Waals surface area contributed by atoms with Gasteiger partial charge in [-0.1, -0.05) is 6.07 Å². The molecular formula is C16H27N3O6S2. The van der Waals surface area contributed by atoms with Crippen molar-refractivity contribution in [2.24, 2.45) is 5.14 Å². The number of hydrogen-bond acceptors (Lipinski definition) is 6. The van der Waals surface area contributed by atoms with Crippen LogP contribution in [0.1, 0.15) is 34.1 Å². The lowest BCUT2D eigenvalue weighted by Crippen LogP contribution is -2.38. The van der Waals surface area contributed by atoms with Crippen LogP contribution in [0.3, 0.4) is 0 Å². The van der Waals surface area contributed by atoms with Crippen molar-refractivity contribution in [3.05, 3.63) is 24.3 Å². The fourth-order valence-corrected chi connectivity index (χ4v) is 3.84. The van der Waals surface area contributed by atoms with Gasteiger partial charge in [0.2, 0.25) is 20.0 Å². The van der Waals surface area contributed by atoms with Crippen LogP contribution in [0.15, 0.2) is 34.1 Å². The van der Waals surface area contributed by atoms with E-state index in [0.717, 1.165) is 6.07 Å². The Kier molecular flexibility index (Phi) is 7.78. The third-order valence-corrected chi connectivity index (χ3v) is 5.74. The van der Waals surface area contributed by atoms with Crippen LogP contribution < -0.4 is 9.86 Å². The first kappa shape index (κ1) is 23.3. The van der Waals surface area contributed by atoms with Gasteiger partial charge < -0.3 is 9.64 Å². The minimum Gasteiger partial charge on any atom is -0.444 e. The standard InChI is InChI=1S/C16H27N3O6S2/c1-5-19(15(20)25-16(2,3)4)11-7-10-18-27(23,24)14-9-6-8-13(12-14)26(17,21)22/h6,8-9,12,18H,5,7,10-11H2,1-4H3,(H2,17,21,22). The van der Waals surface area contributed by atoms with Gasteiger partial charge in [0, 0.05) is 19.6 Å². The van der Waals surface area contributed by atoms with Gasteiger partial charge in [0.05, 0.1) is 9.79 Å². The molecule has 0 radical (unpaired) electrons. The largest absolute Gasteiger partial charge is 0.444 e. The summed E-state index contributed by atoms with van der Waals surface area (Å²) in [5, 5.41) is 5.02. The van der Waals surface area contributed by atoms with Crippen LogP contribution >= 0.6 is 0 Å². The summed E-state index contributed by atoms with van der Waals surface area (Å²) in [5.74, 6) is 0. The Bertz CT molecular complexity index is 860. The first-order chi connectivity index (χ1) is 12.3. The van der Waals surface area contributed by atoms with Gasteiger partial charge in [-0.2, -0.15) is 0 Å². The van der Waals surface area contributed by atoms with Crippen molar-refractivity contribution >= 4 is 26.1 Å². The number of rotatable bonds is 8. The number of carbonyl (C=O) groups excluding carboxylic acids is 1. The monoisotopic (exact) mass is 421 g/mol. The van der Waals surface area contributed by atoms with Crippen molar-refractivity contribution < 1.29 is 26.4 Å². The summed E-state index contributed by atoms with van der Waals surface area (Å²) in [5.41, 5.74) is -0.611. The van der Waals surface area contributed by atoms with Crippen LogP contribution in [0.2, 0.25) is 0 Å². The normalized spacial score (nSPS) is 12.6. The predicted molar refractivity (Wildman–Crippen MR) is 101 cm³/mol. The van der Waals surface area contributed by atoms with Crippen molar-refractivity contribution in [1.82, 2.24) is 9.62 Å². The maximum atomic E-state index is 12.3. The summed E-state index contributed by atoms with van der Waals surface area (Å²) in [6.07, 6.45) is -0.102. The van der Waals surface area contributed by atoms with E-state index in [1.807, 2.05) is 0 Å². The van der Waals surface area contributed by atoms with Crippen LogP contribution in [-0.4, -0.2) is 53.1 Å². The van der Waals surface area contributed by atoms with E-state index >= 15 is 0 Å². The lowest BCUT2D eigenvalue weighted by molar-refractivity contribution is 0.0259. The Balaban J connectivity index is 2.66. The van der Waals surface area contributed by atoms with Gasteiger partial charge in [-0.05, 0) is 52.3 Å². The minimum absolute atomic E-state index is 0.0707. The Morgan fingerprint density at radius 3 is 2.30 bits per heavy atom. The van der Waals surface area contributed by atoms with Crippen molar-refractivity contribution in [2.45, 2.75) is 49.5 Å². The molecule has 1 amide bonds. The van der Waals surface area contributed by atoms with Crippen LogP contribution in [0.4, 0.5) is 4.79 Å². The molecule has 0 bridgehead atoms. The third kappa shape index (κ3) is 7.83. The molecule has 0 aliphatic carbocycles. The van der Waals surface area contributed by atoms with Gasteiger partial charge >= 0.3 is 6.09 Å². The summed E-state index contributed by atoms with van der Waals surface area (Å²) >= 11 is 0. The first-order valence-corrected chi connectivity index (χ1v) is 11.4. The van der Waals surface area contributed by atoms with E-state index < -0.39 is 31.7 Å². The average Bonchev–Trinajstić information content (AvgIpc) is 2.52. The van der Waals surface area contributed by atoms with E-state index in [-0.39, 0.29) is 16.3 Å². The summed E-state index contributed by atoms with van der Waals surface area (Å²) in [6.45, 7) is 7.91. The smallest absolute Gasteiger partial charge is 0.410 e. The molecule has 11 heteroatoms. The zero-order chi connectivity index (χ0) is 20.9. The molecular weight excluding hydrogens is 394 g/mol. The number of primary sulfonamides is 1. The molecule has 0 aliphatic heterocycles. The molecule has 0 saturated carbocycles. The van der Waals surface area contributed by atoms with Gasteiger partial charge in [-0.15, -0.1) is 0 Å². The quantitative estimate of drug-likeness (QED) is 0.607. The first-order valence-electron chi connectivity index (χ1n) is 8.37. The Morgan fingerprint density at radius 1 is 1.19 bits per heavy atom. The molecule has 154 valence electrons. The van der Waals surface area contributed by atoms with Gasteiger partial charge in [0.15, 0.2) is 0 Å². The van der Waals surface area contributed by atoms with E-state index in [1.54, 1.807) is 27.7 Å². The molecule has 0 aliphatic rings. The fraction of sp³-hybridized carbons (Fsp3) is 0.562. The second-order valence-electron chi connectivity index (χ2n) is 6.83. The highest BCUT2D eigenvalue weighted by Gasteiger charge is 2.21. The molecule has 0 heterocycles. The molecule has 0 spiro atoms. The predicted octanol–water partition coefficient (Wildman–Crippen LogP) is 1.26. The van der Waals surface area contributed by atoms with Crippen LogP contribution in [-0.2, 0) is 24.8 Å². The summed E-state index contributed by atoms with van der Waals surface area (Å²) in [4.78, 5) is 13.0. The number of nitrogens with zero attached hydrogens (tertiary/aromatic N) is 1. The molecule has 0 unspecified atom stereocenters. The van der Waals surface area contributed by atoms with Gasteiger partial charge in [0.1, 0.15) is 5.60 Å². The average molecular weight is 422 g/mol. The molecule has 0 saturated heterocycles. The highest BCUT2D eigenvalue weighted by Crippen LogP contribution is 2.14. The van der Waals surface area contributed by atoms with Crippen molar-refractivity contribution in [3.63, 3.8) is 0 Å². The van der Waals surface area contributed by atoms with E-state index in [4.69, 9.17) is 9.88 Å². The Morgan fingerprint density at radius 2 is 1.78 bits per heavy atom. The van der Waals surface area contributed by atoms with Crippen molar-refractivity contribution in [1.29, 1.82) is 0 Å². The maximum absolute atomic E-state index is 12.3. The second-order valence-corrected chi connectivity index (χ2v) is 10.2. The number of hydrogen-bond donors (Lipinski definition) is 2. The molecule has 27 heavy (non-hydrogen) atoms. The SMILES string of the molecule is CCN(CCCNS(=O)(=O)c1cccc(S(N)(=O)=O)c1)C(=O)OC(C)(C)C. The molecule has 0 fully saturated rings. The summed E-state index contributed by atoms with van der Waals surface area (Å²) in [6, 6.07) is 4.79. The molecule has 3 N–H and O–H groups in total. The topological polar surface area (TPSA) is 136 Å². The van der Waals surface area contributed by atoms with Gasteiger partial charge in [-0.25, -0.2) is 31.5 Å². The molecule has 1 aromatic carbocycles. The highest BCUT2D eigenvalue weighted by molar-refractivity contribution is 7.90. The third-order valence-electron chi connectivity index (χ3n) is 3.37. The Hall–Kier alpha value is -1.69. The fourth-order valence-electron chi connectivity index (χ4n) is 2.08. The number of nitrogens with one attached hydrogen (secondary N) is 1. The molecule has 9 nitrogen and oxygen atoms in total. The molecule has 0 aromatic heterocycles. The Labute approximate surface area is 161 Å². The number of sulfonamides is 2. The number of nitrogens with two attached hydrogens (primary N) is 1. The highest BCUT2D eigenvalue weighted by atomic mass is 32.2. The second kappa shape index (κ2) is 9.00. The van der Waals surface area contributed by atoms with E-state index in [1.165, 1.54) is 23.1 Å². The number of benzene rings is 1. The number of amides is 1. The van der Waals surface area contributed by atoms with Gasteiger partial charge in [-0.3, -0.25) is 0 Å². The lowest BCUT2D eigenvalue weighted by Gasteiger charge is -2.26. The van der Waals surface area contributed by atoms with Crippen molar-refractivity contribution in [3.8, 4) is 0 Å². The molecule has 1 rings (SSSR count). The number of ether oxygens (including phenoxy) is 1. The maximum Gasteiger partial charge on any atom is 0.410 e. The summed E-state index contributed by atoms with van der Waals surface area (Å²) in [7, 11) is -7.90. The molecule has 1 aromatic rings. The van der Waals surface area contributed by atoms with Crippen LogP contribution in [0.5, 0.6) is 0 Å². The van der Waals surface area contributed by atoms with Gasteiger partial charge in [0.25, 0.3) is 0 Å². The van der Waals surface area contributed by atoms with E-state index in [2.05, 4.69) is 4.72 Å². The van der Waals surface area contributed by atoms with Crippen LogP contribution in [0.25, 0.3) is 0 Å². The van der Waals surface area contributed by atoms with Crippen molar-refractivity contribution in [2.75, 3.05) is 19.6 Å². The summed E-state index contributed by atoms with van der Waals surface area (Å²) < 4.78 is 55.0. The lowest BCUT2D eigenvalue weighted by atomic mass is 10.2. The van der Waals surface area contributed by atoms with E-state index in [9.17, 15) is 21.6 Å².